The number of benzene rings is 1. The van der Waals surface area contributed by atoms with E-state index in [1.165, 1.54) is 0 Å². The Labute approximate surface area is 101 Å². The molecule has 0 saturated heterocycles. The average molecular weight is 229 g/mol. The van der Waals surface area contributed by atoms with Crippen molar-refractivity contribution in [2.24, 2.45) is 0 Å². The molecule has 0 aliphatic carbocycles. The molecule has 0 heterocycles. The van der Waals surface area contributed by atoms with Crippen molar-refractivity contribution in [2.45, 2.75) is 32.4 Å². The highest BCUT2D eigenvalue weighted by Crippen LogP contribution is 2.18. The van der Waals surface area contributed by atoms with Crippen LogP contribution >= 0.6 is 0 Å². The summed E-state index contributed by atoms with van der Waals surface area (Å²) in [6.07, 6.45) is 0. The van der Waals surface area contributed by atoms with Crippen molar-refractivity contribution in [3.63, 3.8) is 0 Å². The molecule has 0 spiro atoms. The molecule has 17 heavy (non-hydrogen) atoms. The van der Waals surface area contributed by atoms with Crippen LogP contribution in [0.4, 0.5) is 5.69 Å². The van der Waals surface area contributed by atoms with Crippen LogP contribution in [0.1, 0.15) is 31.9 Å². The number of anilines is 1. The van der Waals surface area contributed by atoms with Crippen LogP contribution < -0.4 is 5.32 Å². The Balaban J connectivity index is 2.96. The minimum absolute atomic E-state index is 0.165. The van der Waals surface area contributed by atoms with Gasteiger partial charge in [0.2, 0.25) is 0 Å². The van der Waals surface area contributed by atoms with Gasteiger partial charge in [-0.3, -0.25) is 0 Å². The van der Waals surface area contributed by atoms with Crippen LogP contribution in [0.3, 0.4) is 0 Å². The lowest BCUT2D eigenvalue weighted by molar-refractivity contribution is 0.0649. The van der Waals surface area contributed by atoms with Crippen LogP contribution in [0.15, 0.2) is 18.2 Å². The van der Waals surface area contributed by atoms with E-state index in [4.69, 9.17) is 10.5 Å². The van der Waals surface area contributed by atoms with Crippen molar-refractivity contribution in [3.8, 4) is 12.1 Å². The van der Waals surface area contributed by atoms with Crippen LogP contribution in [0, 0.1) is 22.7 Å². The number of aliphatic hydroxyl groups is 1. The molecular formula is C13H15N3O. The third-order valence-electron chi connectivity index (χ3n) is 2.70. The molecule has 0 aliphatic rings. The summed E-state index contributed by atoms with van der Waals surface area (Å²) in [5, 5.41) is 30.6. The molecule has 0 amide bonds. The second kappa shape index (κ2) is 4.86. The van der Waals surface area contributed by atoms with E-state index in [2.05, 4.69) is 5.32 Å². The lowest BCUT2D eigenvalue weighted by Crippen LogP contribution is -2.39. The van der Waals surface area contributed by atoms with E-state index in [1.807, 2.05) is 19.1 Å². The Kier molecular flexibility index (Phi) is 3.73. The maximum absolute atomic E-state index is 9.79. The maximum Gasteiger partial charge on any atom is 0.101 e. The van der Waals surface area contributed by atoms with Gasteiger partial charge in [0.25, 0.3) is 0 Å². The van der Waals surface area contributed by atoms with E-state index >= 15 is 0 Å². The summed E-state index contributed by atoms with van der Waals surface area (Å²) in [5.41, 5.74) is 0.547. The van der Waals surface area contributed by atoms with Gasteiger partial charge in [0.1, 0.15) is 12.1 Å². The first-order valence-corrected chi connectivity index (χ1v) is 5.31. The lowest BCUT2D eigenvalue weighted by Gasteiger charge is -2.27. The fourth-order valence-corrected chi connectivity index (χ4v) is 1.25. The van der Waals surface area contributed by atoms with Crippen LogP contribution in [-0.2, 0) is 0 Å². The van der Waals surface area contributed by atoms with Crippen molar-refractivity contribution in [1.82, 2.24) is 0 Å². The van der Waals surface area contributed by atoms with Gasteiger partial charge in [0.15, 0.2) is 0 Å². The molecule has 0 radical (unpaired) electrons. The average Bonchev–Trinajstić information content (AvgIpc) is 2.27. The Morgan fingerprint density at radius 2 is 1.82 bits per heavy atom. The number of hydrogen-bond acceptors (Lipinski definition) is 4. The van der Waals surface area contributed by atoms with Crippen LogP contribution in [-0.4, -0.2) is 16.7 Å². The molecule has 2 N–H and O–H groups in total. The van der Waals surface area contributed by atoms with Gasteiger partial charge in [0, 0.05) is 5.69 Å². The summed E-state index contributed by atoms with van der Waals surface area (Å²) in [5.74, 6) is 0. The molecular weight excluding hydrogens is 214 g/mol. The van der Waals surface area contributed by atoms with E-state index < -0.39 is 5.60 Å². The summed E-state index contributed by atoms with van der Waals surface area (Å²) in [6.45, 7) is 5.27. The van der Waals surface area contributed by atoms with E-state index in [1.54, 1.807) is 32.0 Å². The molecule has 1 aromatic carbocycles. The van der Waals surface area contributed by atoms with Gasteiger partial charge in [-0.15, -0.1) is 0 Å². The Morgan fingerprint density at radius 1 is 1.24 bits per heavy atom. The highest BCUT2D eigenvalue weighted by atomic mass is 16.3. The summed E-state index contributed by atoms with van der Waals surface area (Å²) in [7, 11) is 0. The molecule has 4 heteroatoms. The zero-order chi connectivity index (χ0) is 13.1. The number of nitrogens with one attached hydrogen (secondary N) is 1. The first kappa shape index (κ1) is 13.0. The largest absolute Gasteiger partial charge is 0.388 e. The van der Waals surface area contributed by atoms with Crippen LogP contribution in [0.5, 0.6) is 0 Å². The van der Waals surface area contributed by atoms with Gasteiger partial charge < -0.3 is 10.4 Å². The van der Waals surface area contributed by atoms with Crippen LogP contribution in [0.25, 0.3) is 0 Å². The predicted molar refractivity (Wildman–Crippen MR) is 65.3 cm³/mol. The maximum atomic E-state index is 9.79. The second-order valence-electron chi connectivity index (χ2n) is 4.50. The molecule has 0 saturated carbocycles. The summed E-state index contributed by atoms with van der Waals surface area (Å²) in [6, 6.07) is 8.70. The first-order chi connectivity index (χ1) is 7.88. The smallest absolute Gasteiger partial charge is 0.101 e. The highest BCUT2D eigenvalue weighted by Gasteiger charge is 2.22. The molecule has 4 nitrogen and oxygen atoms in total. The third-order valence-corrected chi connectivity index (χ3v) is 2.70. The number of nitrogens with zero attached hydrogens (tertiary/aromatic N) is 2. The van der Waals surface area contributed by atoms with Crippen molar-refractivity contribution < 1.29 is 5.11 Å². The Bertz CT molecular complexity index is 489. The molecule has 0 aromatic heterocycles. The molecule has 1 rings (SSSR count). The molecule has 0 fully saturated rings. The molecule has 1 aromatic rings. The molecule has 0 bridgehead atoms. The lowest BCUT2D eigenvalue weighted by atomic mass is 10.00. The van der Waals surface area contributed by atoms with E-state index in [0.717, 1.165) is 5.69 Å². The van der Waals surface area contributed by atoms with Gasteiger partial charge in [-0.1, -0.05) is 0 Å². The zero-order valence-electron chi connectivity index (χ0n) is 10.2. The SMILES string of the molecule is CC(Nc1ccc(C#N)c(C#N)c1)C(C)(C)O. The zero-order valence-corrected chi connectivity index (χ0v) is 10.2. The molecule has 1 unspecified atom stereocenters. The van der Waals surface area contributed by atoms with Gasteiger partial charge in [-0.2, -0.15) is 10.5 Å². The van der Waals surface area contributed by atoms with E-state index in [9.17, 15) is 5.11 Å². The minimum Gasteiger partial charge on any atom is -0.388 e. The van der Waals surface area contributed by atoms with Gasteiger partial charge in [-0.05, 0) is 39.0 Å². The minimum atomic E-state index is -0.860. The molecule has 1 atom stereocenters. The predicted octanol–water partition coefficient (Wildman–Crippen LogP) is 2.00. The molecule has 88 valence electrons. The first-order valence-electron chi connectivity index (χ1n) is 5.31. The van der Waals surface area contributed by atoms with Crippen molar-refractivity contribution in [2.75, 3.05) is 5.32 Å². The fourth-order valence-electron chi connectivity index (χ4n) is 1.25. The quantitative estimate of drug-likeness (QED) is 0.830. The number of hydrogen-bond donors (Lipinski definition) is 2. The van der Waals surface area contributed by atoms with Crippen molar-refractivity contribution in [1.29, 1.82) is 10.5 Å². The standard InChI is InChI=1S/C13H15N3O/c1-9(13(2,3)17)16-12-5-4-10(7-14)11(6-12)8-15/h4-6,9,16-17H,1-3H3. The van der Waals surface area contributed by atoms with E-state index in [-0.39, 0.29) is 6.04 Å². The Morgan fingerprint density at radius 3 is 2.29 bits per heavy atom. The van der Waals surface area contributed by atoms with Crippen molar-refractivity contribution in [3.05, 3.63) is 29.3 Å². The Hall–Kier alpha value is -2.04. The summed E-state index contributed by atoms with van der Waals surface area (Å²) in [4.78, 5) is 0. The number of rotatable bonds is 3. The topological polar surface area (TPSA) is 79.8 Å². The number of nitriles is 2. The van der Waals surface area contributed by atoms with Gasteiger partial charge in [0.05, 0.1) is 22.8 Å². The fraction of sp³-hybridized carbons (Fsp3) is 0.385. The summed E-state index contributed by atoms with van der Waals surface area (Å²) >= 11 is 0. The van der Waals surface area contributed by atoms with Crippen LogP contribution in [0.2, 0.25) is 0 Å². The normalized spacial score (nSPS) is 12.4. The van der Waals surface area contributed by atoms with E-state index in [0.29, 0.717) is 11.1 Å². The summed E-state index contributed by atoms with van der Waals surface area (Å²) < 4.78 is 0. The second-order valence-corrected chi connectivity index (χ2v) is 4.50. The van der Waals surface area contributed by atoms with Crippen molar-refractivity contribution >= 4 is 5.69 Å². The highest BCUT2D eigenvalue weighted by molar-refractivity contribution is 5.56. The van der Waals surface area contributed by atoms with Gasteiger partial charge in [-0.25, -0.2) is 0 Å². The third kappa shape index (κ3) is 3.21. The monoisotopic (exact) mass is 229 g/mol. The molecule has 0 aliphatic heterocycles. The van der Waals surface area contributed by atoms with Gasteiger partial charge >= 0.3 is 0 Å².